The molecule has 1 aliphatic heterocycles. The Morgan fingerprint density at radius 3 is 2.86 bits per heavy atom. The maximum atomic E-state index is 11.6. The van der Waals surface area contributed by atoms with Crippen molar-refractivity contribution in [2.24, 2.45) is 0 Å². The van der Waals surface area contributed by atoms with Crippen LogP contribution in [0.4, 0.5) is 11.5 Å². The number of thiophene rings is 1. The molecule has 3 heterocycles. The molecule has 1 fully saturated rings. The number of ether oxygens (including phenoxy) is 1. The van der Waals surface area contributed by atoms with Gasteiger partial charge in [0.1, 0.15) is 34.0 Å². The van der Waals surface area contributed by atoms with Crippen molar-refractivity contribution >= 4 is 39.0 Å². The van der Waals surface area contributed by atoms with E-state index in [0.29, 0.717) is 28.4 Å². The predicted octanol–water partition coefficient (Wildman–Crippen LogP) is 3.40. The van der Waals surface area contributed by atoms with Crippen LogP contribution in [0.5, 0.6) is 5.75 Å². The van der Waals surface area contributed by atoms with E-state index in [-0.39, 0.29) is 17.5 Å². The molecule has 36 heavy (non-hydrogen) atoms. The van der Waals surface area contributed by atoms with Crippen LogP contribution in [0, 0.1) is 11.3 Å². The minimum Gasteiger partial charge on any atom is -0.491 e. The minimum absolute atomic E-state index is 0.146. The SMILES string of the molecule is CCCc1cc(N2CCC(NCC(O)COc3cccc(C#N)c3)CC2)nc2sc(C(=O)O)c(N)c12. The van der Waals surface area contributed by atoms with Crippen LogP contribution in [0.2, 0.25) is 0 Å². The lowest BCUT2D eigenvalue weighted by atomic mass is 10.0. The smallest absolute Gasteiger partial charge is 0.348 e. The fourth-order valence-corrected chi connectivity index (χ4v) is 5.47. The van der Waals surface area contributed by atoms with Gasteiger partial charge in [-0.25, -0.2) is 9.78 Å². The summed E-state index contributed by atoms with van der Waals surface area (Å²) in [7, 11) is 0. The molecule has 4 rings (SSSR count). The third kappa shape index (κ3) is 5.87. The molecular formula is C26H31N5O4S. The summed E-state index contributed by atoms with van der Waals surface area (Å²) in [6.07, 6.45) is 2.87. The topological polar surface area (TPSA) is 145 Å². The van der Waals surface area contributed by atoms with Gasteiger partial charge in [0, 0.05) is 31.1 Å². The molecule has 0 bridgehead atoms. The summed E-state index contributed by atoms with van der Waals surface area (Å²) in [6.45, 7) is 4.27. The average molecular weight is 510 g/mol. The quantitative estimate of drug-likeness (QED) is 0.323. The number of carboxylic acid groups (broad SMARTS) is 1. The van der Waals surface area contributed by atoms with Crippen molar-refractivity contribution in [1.82, 2.24) is 10.3 Å². The summed E-state index contributed by atoms with van der Waals surface area (Å²) < 4.78 is 5.61. The molecule has 190 valence electrons. The molecule has 2 aromatic heterocycles. The largest absolute Gasteiger partial charge is 0.491 e. The number of carboxylic acids is 1. The lowest BCUT2D eigenvalue weighted by molar-refractivity contribution is 0.0703. The Hall–Kier alpha value is -3.39. The van der Waals surface area contributed by atoms with Gasteiger partial charge in [-0.15, -0.1) is 11.3 Å². The zero-order valence-electron chi connectivity index (χ0n) is 20.2. The number of aryl methyl sites for hydroxylation is 1. The minimum atomic E-state index is -1.02. The Balaban J connectivity index is 1.32. The highest BCUT2D eigenvalue weighted by Gasteiger charge is 2.24. The average Bonchev–Trinajstić information content (AvgIpc) is 3.23. The van der Waals surface area contributed by atoms with E-state index >= 15 is 0 Å². The van der Waals surface area contributed by atoms with E-state index in [1.165, 1.54) is 0 Å². The van der Waals surface area contributed by atoms with Crippen molar-refractivity contribution in [2.45, 2.75) is 44.8 Å². The van der Waals surface area contributed by atoms with Gasteiger partial charge in [0.05, 0.1) is 17.3 Å². The first-order valence-electron chi connectivity index (χ1n) is 12.1. The lowest BCUT2D eigenvalue weighted by Crippen LogP contribution is -2.45. The molecule has 1 atom stereocenters. The van der Waals surface area contributed by atoms with Crippen LogP contribution in [0.25, 0.3) is 10.2 Å². The van der Waals surface area contributed by atoms with E-state index in [4.69, 9.17) is 20.7 Å². The number of pyridine rings is 1. The van der Waals surface area contributed by atoms with Gasteiger partial charge in [0.2, 0.25) is 0 Å². The molecule has 10 heteroatoms. The molecule has 0 aliphatic carbocycles. The fraction of sp³-hybridized carbons (Fsp3) is 0.423. The molecule has 0 spiro atoms. The van der Waals surface area contributed by atoms with Crippen molar-refractivity contribution in [1.29, 1.82) is 5.26 Å². The monoisotopic (exact) mass is 509 g/mol. The standard InChI is InChI=1S/C26H31N5O4S/c1-2-4-17-12-21(30-25-22(17)23(28)24(36-25)26(33)34)31-9-7-18(8-10-31)29-14-19(32)15-35-20-6-3-5-16(11-20)13-27/h3,5-6,11-12,18-19,29,32H,2,4,7-10,14-15,28H2,1H3,(H,33,34). The second-order valence-corrected chi connectivity index (χ2v) is 9.99. The number of nitrogens with zero attached hydrogens (tertiary/aromatic N) is 3. The number of nitriles is 1. The number of aliphatic hydroxyl groups is 1. The molecule has 1 unspecified atom stereocenters. The van der Waals surface area contributed by atoms with E-state index in [9.17, 15) is 15.0 Å². The normalized spacial score (nSPS) is 15.1. The number of nitrogens with two attached hydrogens (primary N) is 1. The molecular weight excluding hydrogens is 478 g/mol. The summed E-state index contributed by atoms with van der Waals surface area (Å²) >= 11 is 1.14. The number of anilines is 2. The Bertz CT molecular complexity index is 1260. The summed E-state index contributed by atoms with van der Waals surface area (Å²) in [4.78, 5) is 19.4. The van der Waals surface area contributed by atoms with Gasteiger partial charge in [-0.3, -0.25) is 0 Å². The Morgan fingerprint density at radius 2 is 2.17 bits per heavy atom. The van der Waals surface area contributed by atoms with Crippen molar-refractivity contribution in [3.05, 3.63) is 46.3 Å². The number of piperidine rings is 1. The molecule has 5 N–H and O–H groups in total. The van der Waals surface area contributed by atoms with Crippen LogP contribution < -0.4 is 20.7 Å². The van der Waals surface area contributed by atoms with E-state index < -0.39 is 12.1 Å². The molecule has 0 amide bonds. The highest BCUT2D eigenvalue weighted by atomic mass is 32.1. The summed E-state index contributed by atoms with van der Waals surface area (Å²) in [5.74, 6) is 0.404. The molecule has 1 aromatic carbocycles. The summed E-state index contributed by atoms with van der Waals surface area (Å²) in [6, 6.07) is 11.3. The Kier molecular flexibility index (Phi) is 8.25. The van der Waals surface area contributed by atoms with Crippen LogP contribution in [-0.4, -0.2) is 59.6 Å². The number of carbonyl (C=O) groups is 1. The number of hydrogen-bond acceptors (Lipinski definition) is 9. The van der Waals surface area contributed by atoms with Crippen LogP contribution in [-0.2, 0) is 6.42 Å². The highest BCUT2D eigenvalue weighted by molar-refractivity contribution is 7.21. The van der Waals surface area contributed by atoms with Crippen molar-refractivity contribution in [2.75, 3.05) is 36.9 Å². The molecule has 0 saturated carbocycles. The molecule has 3 aromatic rings. The molecule has 9 nitrogen and oxygen atoms in total. The second-order valence-electron chi connectivity index (χ2n) is 8.99. The number of fused-ring (bicyclic) bond motifs is 1. The van der Waals surface area contributed by atoms with Gasteiger partial charge in [-0.1, -0.05) is 19.4 Å². The summed E-state index contributed by atoms with van der Waals surface area (Å²) in [5.41, 5.74) is 8.05. The lowest BCUT2D eigenvalue weighted by Gasteiger charge is -2.34. The zero-order valence-corrected chi connectivity index (χ0v) is 21.1. The van der Waals surface area contributed by atoms with Crippen molar-refractivity contribution < 1.29 is 19.7 Å². The number of aliphatic hydroxyl groups excluding tert-OH is 1. The zero-order chi connectivity index (χ0) is 25.7. The van der Waals surface area contributed by atoms with E-state index in [0.717, 1.165) is 66.9 Å². The second kappa shape index (κ2) is 11.6. The van der Waals surface area contributed by atoms with E-state index in [1.807, 2.05) is 0 Å². The van der Waals surface area contributed by atoms with Gasteiger partial charge in [0.25, 0.3) is 0 Å². The van der Waals surface area contributed by atoms with Crippen LogP contribution >= 0.6 is 11.3 Å². The number of hydrogen-bond donors (Lipinski definition) is 4. The van der Waals surface area contributed by atoms with Gasteiger partial charge in [-0.05, 0) is 49.1 Å². The summed E-state index contributed by atoms with van der Waals surface area (Å²) in [5, 5.41) is 33.0. The third-order valence-electron chi connectivity index (χ3n) is 6.35. The van der Waals surface area contributed by atoms with Crippen LogP contribution in [0.3, 0.4) is 0 Å². The predicted molar refractivity (Wildman–Crippen MR) is 141 cm³/mol. The van der Waals surface area contributed by atoms with Crippen molar-refractivity contribution in [3.8, 4) is 11.8 Å². The van der Waals surface area contributed by atoms with Gasteiger partial charge in [-0.2, -0.15) is 5.26 Å². The number of nitrogen functional groups attached to an aromatic ring is 1. The maximum Gasteiger partial charge on any atom is 0.348 e. The van der Waals surface area contributed by atoms with E-state index in [1.54, 1.807) is 24.3 Å². The van der Waals surface area contributed by atoms with Gasteiger partial charge < -0.3 is 30.9 Å². The first-order chi connectivity index (χ1) is 17.4. The molecule has 0 radical (unpaired) electrons. The maximum absolute atomic E-state index is 11.6. The highest BCUT2D eigenvalue weighted by Crippen LogP contribution is 2.37. The first kappa shape index (κ1) is 25.7. The third-order valence-corrected chi connectivity index (χ3v) is 7.43. The Morgan fingerprint density at radius 1 is 1.39 bits per heavy atom. The number of benzene rings is 1. The number of aromatic carboxylic acids is 1. The number of aromatic nitrogens is 1. The van der Waals surface area contributed by atoms with Crippen molar-refractivity contribution in [3.63, 3.8) is 0 Å². The number of rotatable bonds is 10. The van der Waals surface area contributed by atoms with Gasteiger partial charge >= 0.3 is 5.97 Å². The van der Waals surface area contributed by atoms with Gasteiger partial charge in [0.15, 0.2) is 0 Å². The first-order valence-corrected chi connectivity index (χ1v) is 13.0. The molecule has 1 saturated heterocycles. The van der Waals surface area contributed by atoms with Crippen LogP contribution in [0.15, 0.2) is 30.3 Å². The molecule has 1 aliphatic rings. The van der Waals surface area contributed by atoms with E-state index in [2.05, 4.69) is 29.3 Å². The fourth-order valence-electron chi connectivity index (χ4n) is 4.49. The number of nitrogens with one attached hydrogen (secondary N) is 1. The van der Waals surface area contributed by atoms with Crippen LogP contribution in [0.1, 0.15) is 47.0 Å². The Labute approximate surface area is 214 Å².